The second-order valence-electron chi connectivity index (χ2n) is 8.37. The van der Waals surface area contributed by atoms with Gasteiger partial charge < -0.3 is 14.1 Å². The van der Waals surface area contributed by atoms with E-state index in [4.69, 9.17) is 24.8 Å². The Labute approximate surface area is 194 Å². The molecule has 1 aliphatic rings. The van der Waals surface area contributed by atoms with Crippen LogP contribution in [-0.2, 0) is 11.3 Å². The predicted octanol–water partition coefficient (Wildman–Crippen LogP) is 3.33. The first-order chi connectivity index (χ1) is 16.1. The minimum atomic E-state index is -4.52. The summed E-state index contributed by atoms with van der Waals surface area (Å²) in [5.41, 5.74) is 1.46. The van der Waals surface area contributed by atoms with Crippen molar-refractivity contribution in [1.29, 1.82) is 0 Å². The van der Waals surface area contributed by atoms with Crippen molar-refractivity contribution in [3.05, 3.63) is 48.5 Å². The average molecular weight is 464 g/mol. The Bertz CT molecular complexity index is 1380. The smallest absolute Gasteiger partial charge is 0.408 e. The van der Waals surface area contributed by atoms with E-state index in [0.29, 0.717) is 21.9 Å². The highest BCUT2D eigenvalue weighted by Gasteiger charge is 2.32. The molecule has 0 spiro atoms. The van der Waals surface area contributed by atoms with Crippen LogP contribution in [0.15, 0.2) is 47.2 Å². The van der Waals surface area contributed by atoms with E-state index in [9.17, 15) is 18.0 Å². The zero-order chi connectivity index (χ0) is 24.1. The molecule has 170 valence electrons. The number of rotatable bonds is 3. The summed E-state index contributed by atoms with van der Waals surface area (Å²) in [6.45, 7) is -0.789. The molecule has 0 bridgehead atoms. The quantitative estimate of drug-likeness (QED) is 0.436. The summed E-state index contributed by atoms with van der Waals surface area (Å²) in [4.78, 5) is 18.7. The number of carbonyl (C=O) groups is 1. The van der Waals surface area contributed by atoms with Gasteiger partial charge in [-0.3, -0.25) is 14.5 Å². The first-order valence-electron chi connectivity index (χ1n) is 10.5. The number of benzene rings is 1. The molecule has 5 rings (SSSR count). The van der Waals surface area contributed by atoms with Crippen molar-refractivity contribution in [2.24, 2.45) is 0 Å². The van der Waals surface area contributed by atoms with E-state index in [1.807, 2.05) is 0 Å². The van der Waals surface area contributed by atoms with Gasteiger partial charge in [0.05, 0.1) is 27.8 Å². The van der Waals surface area contributed by atoms with Crippen LogP contribution in [0, 0.1) is 0 Å². The summed E-state index contributed by atoms with van der Waals surface area (Å²) >= 11 is 0. The lowest BCUT2D eigenvalue weighted by Crippen LogP contribution is -2.39. The molecular formula is C22H17B2F3N4O3. The highest BCUT2D eigenvalue weighted by atomic mass is 19.4. The Morgan fingerprint density at radius 2 is 2.00 bits per heavy atom. The molecule has 0 N–H and O–H groups in total. The molecule has 0 saturated carbocycles. The van der Waals surface area contributed by atoms with Crippen LogP contribution < -0.4 is 0 Å². The van der Waals surface area contributed by atoms with Gasteiger partial charge >= 0.3 is 6.18 Å². The van der Waals surface area contributed by atoms with E-state index in [2.05, 4.69) is 10.1 Å². The predicted molar refractivity (Wildman–Crippen MR) is 120 cm³/mol. The molecule has 4 heterocycles. The zero-order valence-corrected chi connectivity index (χ0v) is 17.9. The van der Waals surface area contributed by atoms with Crippen molar-refractivity contribution in [3.63, 3.8) is 0 Å². The number of carbonyl (C=O) groups excluding carboxylic acids is 1. The van der Waals surface area contributed by atoms with Gasteiger partial charge in [-0.1, -0.05) is 23.4 Å². The molecule has 0 unspecified atom stereocenters. The Hall–Kier alpha value is -3.27. The number of pyridine rings is 1. The van der Waals surface area contributed by atoms with E-state index in [0.717, 1.165) is 4.68 Å². The van der Waals surface area contributed by atoms with Gasteiger partial charge in [0.1, 0.15) is 29.8 Å². The molecule has 1 fully saturated rings. The topological polar surface area (TPSA) is 73.4 Å². The molecule has 7 nitrogen and oxygen atoms in total. The number of aromatic nitrogens is 3. The van der Waals surface area contributed by atoms with Crippen LogP contribution in [0.3, 0.4) is 0 Å². The van der Waals surface area contributed by atoms with Gasteiger partial charge in [0, 0.05) is 42.2 Å². The van der Waals surface area contributed by atoms with Crippen molar-refractivity contribution in [2.75, 3.05) is 26.3 Å². The van der Waals surface area contributed by atoms with E-state index < -0.39 is 23.8 Å². The van der Waals surface area contributed by atoms with Crippen molar-refractivity contribution < 1.29 is 27.1 Å². The first kappa shape index (κ1) is 22.5. The third-order valence-electron chi connectivity index (χ3n) is 5.57. The van der Waals surface area contributed by atoms with Crippen LogP contribution in [-0.4, -0.2) is 73.7 Å². The maximum absolute atomic E-state index is 13.3. The number of ether oxygens (including phenoxy) is 1. The molecule has 4 aromatic rings. The molecule has 1 saturated heterocycles. The number of amides is 1. The second kappa shape index (κ2) is 8.19. The van der Waals surface area contributed by atoms with Crippen molar-refractivity contribution in [3.8, 4) is 11.3 Å². The van der Waals surface area contributed by atoms with Crippen molar-refractivity contribution >= 4 is 43.5 Å². The number of fused-ring (bicyclic) bond motifs is 2. The van der Waals surface area contributed by atoms with Gasteiger partial charge in [0.25, 0.3) is 5.91 Å². The standard InChI is InChI=1S/C22H17B2F3N4O3/c23-21(24)10-30(5-6-33-12-21)20(32)16-7-17-14(8-28-16)19(29-31(17)11-22(25,26)27)15-9-34-18-4-2-1-3-13(15)18/h1-4,7-9H,5-6,10-12H2. The van der Waals surface area contributed by atoms with Crippen LogP contribution in [0.4, 0.5) is 13.2 Å². The summed E-state index contributed by atoms with van der Waals surface area (Å²) in [6, 6.07) is 8.44. The molecule has 3 aromatic heterocycles. The SMILES string of the molecule is [B]C1([B])COCCN(C(=O)c2cc3c(cn2)c(-c2coc4ccccc24)nn3CC(F)(F)F)C1. The Kier molecular flexibility index (Phi) is 5.43. The fraction of sp³-hybridized carbons (Fsp3) is 0.318. The minimum absolute atomic E-state index is 0.0135. The van der Waals surface area contributed by atoms with Crippen LogP contribution in [0.2, 0.25) is 5.21 Å². The van der Waals surface area contributed by atoms with E-state index >= 15 is 0 Å². The maximum atomic E-state index is 13.3. The number of nitrogens with zero attached hydrogens (tertiary/aromatic N) is 4. The van der Waals surface area contributed by atoms with Crippen LogP contribution >= 0.6 is 0 Å². The molecule has 1 aliphatic heterocycles. The first-order valence-corrected chi connectivity index (χ1v) is 10.5. The number of hydrogen-bond acceptors (Lipinski definition) is 5. The van der Waals surface area contributed by atoms with Gasteiger partial charge in [-0.05, 0) is 12.1 Å². The summed E-state index contributed by atoms with van der Waals surface area (Å²) < 4.78 is 51.7. The minimum Gasteiger partial charge on any atom is -0.464 e. The largest absolute Gasteiger partial charge is 0.464 e. The monoisotopic (exact) mass is 464 g/mol. The van der Waals surface area contributed by atoms with E-state index in [1.165, 1.54) is 23.4 Å². The van der Waals surface area contributed by atoms with Gasteiger partial charge in [0.2, 0.25) is 0 Å². The van der Waals surface area contributed by atoms with Crippen LogP contribution in [0.5, 0.6) is 0 Å². The van der Waals surface area contributed by atoms with Crippen molar-refractivity contribution in [2.45, 2.75) is 17.9 Å². The van der Waals surface area contributed by atoms with Crippen LogP contribution in [0.25, 0.3) is 33.1 Å². The van der Waals surface area contributed by atoms with Gasteiger partial charge in [-0.25, -0.2) is 0 Å². The fourth-order valence-electron chi connectivity index (χ4n) is 4.09. The molecule has 1 aromatic carbocycles. The second-order valence-corrected chi connectivity index (χ2v) is 8.37. The third-order valence-corrected chi connectivity index (χ3v) is 5.57. The Balaban J connectivity index is 1.61. The lowest BCUT2D eigenvalue weighted by molar-refractivity contribution is -0.141. The molecule has 34 heavy (non-hydrogen) atoms. The summed E-state index contributed by atoms with van der Waals surface area (Å²) in [5, 5.41) is 4.05. The van der Waals surface area contributed by atoms with Crippen LogP contribution in [0.1, 0.15) is 10.5 Å². The summed E-state index contributed by atoms with van der Waals surface area (Å²) in [6.07, 6.45) is -1.72. The van der Waals surface area contributed by atoms with Crippen molar-refractivity contribution in [1.82, 2.24) is 19.7 Å². The molecule has 12 heteroatoms. The normalized spacial score (nSPS) is 16.7. The van der Waals surface area contributed by atoms with Gasteiger partial charge in [0.15, 0.2) is 0 Å². The number of furan rings is 1. The summed E-state index contributed by atoms with van der Waals surface area (Å²) in [5.74, 6) is -0.511. The molecule has 4 radical (unpaired) electrons. The highest BCUT2D eigenvalue weighted by molar-refractivity contribution is 6.40. The molecular weight excluding hydrogens is 447 g/mol. The zero-order valence-electron chi connectivity index (χ0n) is 17.9. The fourth-order valence-corrected chi connectivity index (χ4v) is 4.09. The van der Waals surface area contributed by atoms with E-state index in [-0.39, 0.29) is 43.2 Å². The number of hydrogen-bond donors (Lipinski definition) is 0. The van der Waals surface area contributed by atoms with E-state index in [1.54, 1.807) is 24.3 Å². The number of para-hydroxylation sites is 1. The maximum Gasteiger partial charge on any atom is 0.408 e. The highest BCUT2D eigenvalue weighted by Crippen LogP contribution is 2.35. The Morgan fingerprint density at radius 1 is 1.21 bits per heavy atom. The number of halogens is 3. The van der Waals surface area contributed by atoms with Gasteiger partial charge in [-0.15, -0.1) is 0 Å². The number of alkyl halides is 3. The molecule has 0 aliphatic carbocycles. The lowest BCUT2D eigenvalue weighted by atomic mass is 9.55. The van der Waals surface area contributed by atoms with Gasteiger partial charge in [-0.2, -0.15) is 18.3 Å². The lowest BCUT2D eigenvalue weighted by Gasteiger charge is -2.29. The summed E-state index contributed by atoms with van der Waals surface area (Å²) in [7, 11) is 11.9. The average Bonchev–Trinajstić information content (AvgIpc) is 3.29. The third kappa shape index (κ3) is 4.29. The molecule has 1 amide bonds. The Morgan fingerprint density at radius 3 is 2.79 bits per heavy atom. The molecule has 0 atom stereocenters.